The van der Waals surface area contributed by atoms with Gasteiger partial charge in [0.25, 0.3) is 5.91 Å². The summed E-state index contributed by atoms with van der Waals surface area (Å²) in [6.45, 7) is 1.67. The first-order valence-corrected chi connectivity index (χ1v) is 10.8. The van der Waals surface area contributed by atoms with Crippen LogP contribution in [0.15, 0.2) is 57.7 Å². The molecule has 1 aromatic heterocycles. The van der Waals surface area contributed by atoms with E-state index in [9.17, 15) is 14.4 Å². The molecule has 0 atom stereocenters. The van der Waals surface area contributed by atoms with Gasteiger partial charge in [-0.3, -0.25) is 4.79 Å². The Hall–Kier alpha value is -3.61. The number of hydrogen-bond acceptors (Lipinski definition) is 6. The average molecular weight is 435 g/mol. The van der Waals surface area contributed by atoms with Gasteiger partial charge < -0.3 is 19.2 Å². The van der Waals surface area contributed by atoms with E-state index in [4.69, 9.17) is 13.9 Å². The highest BCUT2D eigenvalue weighted by molar-refractivity contribution is 5.97. The molecule has 166 valence electrons. The van der Waals surface area contributed by atoms with E-state index >= 15 is 0 Å². The summed E-state index contributed by atoms with van der Waals surface area (Å²) in [5, 5.41) is 3.49. The Morgan fingerprint density at radius 3 is 2.62 bits per heavy atom. The van der Waals surface area contributed by atoms with Crippen LogP contribution in [0.3, 0.4) is 0 Å². The zero-order chi connectivity index (χ0) is 22.5. The molecule has 1 fully saturated rings. The van der Waals surface area contributed by atoms with Gasteiger partial charge in [0.1, 0.15) is 22.6 Å². The van der Waals surface area contributed by atoms with E-state index in [1.807, 2.05) is 25.1 Å². The first kappa shape index (κ1) is 21.6. The first-order chi connectivity index (χ1) is 15.5. The molecule has 0 radical (unpaired) electrons. The van der Waals surface area contributed by atoms with E-state index < -0.39 is 17.5 Å². The van der Waals surface area contributed by atoms with Crippen LogP contribution in [-0.4, -0.2) is 24.5 Å². The zero-order valence-electron chi connectivity index (χ0n) is 17.9. The quantitative estimate of drug-likeness (QED) is 0.355. The normalized spacial score (nSPS) is 14.2. The predicted molar refractivity (Wildman–Crippen MR) is 119 cm³/mol. The van der Waals surface area contributed by atoms with Crippen LogP contribution in [0.4, 0.5) is 0 Å². The monoisotopic (exact) mass is 435 g/mol. The van der Waals surface area contributed by atoms with Crippen molar-refractivity contribution in [2.75, 3.05) is 6.61 Å². The lowest BCUT2D eigenvalue weighted by Gasteiger charge is -2.22. The summed E-state index contributed by atoms with van der Waals surface area (Å²) in [6, 6.07) is 13.6. The number of esters is 1. The summed E-state index contributed by atoms with van der Waals surface area (Å²) in [4.78, 5) is 37.0. The number of hydrogen-bond donors (Lipinski definition) is 1. The largest absolute Gasteiger partial charge is 0.482 e. The van der Waals surface area contributed by atoms with E-state index in [0.29, 0.717) is 11.1 Å². The second kappa shape index (κ2) is 9.68. The van der Waals surface area contributed by atoms with Crippen molar-refractivity contribution in [3.63, 3.8) is 0 Å². The Morgan fingerprint density at radius 2 is 1.84 bits per heavy atom. The van der Waals surface area contributed by atoms with Crippen molar-refractivity contribution < 1.29 is 23.5 Å². The molecule has 0 unspecified atom stereocenters. The van der Waals surface area contributed by atoms with E-state index in [1.54, 1.807) is 18.2 Å². The zero-order valence-corrected chi connectivity index (χ0v) is 17.9. The topological polar surface area (TPSA) is 94.8 Å². The van der Waals surface area contributed by atoms with Crippen molar-refractivity contribution in [1.29, 1.82) is 0 Å². The third kappa shape index (κ3) is 5.35. The SMILES string of the molecule is Cc1cccc(OCC(=O)Oc2ccc3cc(C(=O)NC4CCCCC4)c(=O)oc3c2)c1. The summed E-state index contributed by atoms with van der Waals surface area (Å²) in [5.41, 5.74) is 0.498. The molecule has 1 amide bonds. The van der Waals surface area contributed by atoms with Gasteiger partial charge in [-0.05, 0) is 55.7 Å². The molecular weight excluding hydrogens is 410 g/mol. The number of fused-ring (bicyclic) bond motifs is 1. The first-order valence-electron chi connectivity index (χ1n) is 10.8. The lowest BCUT2D eigenvalue weighted by Crippen LogP contribution is -2.38. The third-order valence-corrected chi connectivity index (χ3v) is 5.47. The van der Waals surface area contributed by atoms with Crippen LogP contribution in [0.2, 0.25) is 0 Å². The number of benzene rings is 2. The Bertz CT molecular complexity index is 1190. The van der Waals surface area contributed by atoms with Crippen LogP contribution in [0, 0.1) is 6.92 Å². The minimum Gasteiger partial charge on any atom is -0.482 e. The Morgan fingerprint density at radius 1 is 1.03 bits per heavy atom. The summed E-state index contributed by atoms with van der Waals surface area (Å²) >= 11 is 0. The summed E-state index contributed by atoms with van der Waals surface area (Å²) in [5.74, 6) is -0.212. The van der Waals surface area contributed by atoms with Gasteiger partial charge in [-0.25, -0.2) is 9.59 Å². The second-order valence-electron chi connectivity index (χ2n) is 8.03. The van der Waals surface area contributed by atoms with E-state index in [2.05, 4.69) is 5.32 Å². The smallest absolute Gasteiger partial charge is 0.349 e. The fraction of sp³-hybridized carbons (Fsp3) is 0.320. The molecule has 0 aliphatic heterocycles. The molecule has 1 N–H and O–H groups in total. The Kier molecular flexibility index (Phi) is 6.54. The van der Waals surface area contributed by atoms with Crippen LogP contribution in [0.1, 0.15) is 48.0 Å². The lowest BCUT2D eigenvalue weighted by molar-refractivity contribution is -0.136. The highest BCUT2D eigenvalue weighted by Gasteiger charge is 2.20. The number of aryl methyl sites for hydroxylation is 1. The molecule has 1 saturated carbocycles. The molecule has 32 heavy (non-hydrogen) atoms. The molecule has 2 aromatic carbocycles. The number of carbonyl (C=O) groups is 2. The van der Waals surface area contributed by atoms with Crippen molar-refractivity contribution in [2.45, 2.75) is 45.1 Å². The van der Waals surface area contributed by atoms with Gasteiger partial charge in [-0.2, -0.15) is 0 Å². The molecule has 7 heteroatoms. The molecule has 1 aliphatic rings. The lowest BCUT2D eigenvalue weighted by atomic mass is 9.95. The predicted octanol–water partition coefficient (Wildman–Crippen LogP) is 4.15. The van der Waals surface area contributed by atoms with Crippen LogP contribution in [0.25, 0.3) is 11.0 Å². The Balaban J connectivity index is 1.42. The molecule has 1 aliphatic carbocycles. The van der Waals surface area contributed by atoms with Gasteiger partial charge >= 0.3 is 11.6 Å². The van der Waals surface area contributed by atoms with Crippen LogP contribution in [-0.2, 0) is 4.79 Å². The molecule has 7 nitrogen and oxygen atoms in total. The molecule has 0 spiro atoms. The van der Waals surface area contributed by atoms with Crippen molar-refractivity contribution >= 4 is 22.8 Å². The molecular formula is C25H25NO6. The summed E-state index contributed by atoms with van der Waals surface area (Å²) < 4.78 is 16.1. The van der Waals surface area contributed by atoms with Crippen molar-refractivity contribution in [3.8, 4) is 11.5 Å². The van der Waals surface area contributed by atoms with E-state index in [1.165, 1.54) is 18.6 Å². The molecule has 0 bridgehead atoms. The number of nitrogens with one attached hydrogen (secondary N) is 1. The van der Waals surface area contributed by atoms with E-state index in [-0.39, 0.29) is 29.5 Å². The van der Waals surface area contributed by atoms with Gasteiger partial charge in [0, 0.05) is 17.5 Å². The highest BCUT2D eigenvalue weighted by Crippen LogP contribution is 2.22. The van der Waals surface area contributed by atoms with Crippen molar-refractivity contribution in [2.24, 2.45) is 0 Å². The number of carbonyl (C=O) groups excluding carboxylic acids is 2. The van der Waals surface area contributed by atoms with Gasteiger partial charge in [-0.1, -0.05) is 31.4 Å². The molecule has 3 aromatic rings. The van der Waals surface area contributed by atoms with Crippen molar-refractivity contribution in [1.82, 2.24) is 5.32 Å². The maximum atomic E-state index is 12.5. The van der Waals surface area contributed by atoms with Gasteiger partial charge in [-0.15, -0.1) is 0 Å². The van der Waals surface area contributed by atoms with Gasteiger partial charge in [0.05, 0.1) is 0 Å². The second-order valence-corrected chi connectivity index (χ2v) is 8.03. The summed E-state index contributed by atoms with van der Waals surface area (Å²) in [6.07, 6.45) is 5.18. The standard InChI is InChI=1S/C25H25NO6/c1-16-6-5-9-19(12-16)30-15-23(27)31-20-11-10-17-13-21(25(29)32-22(17)14-20)24(28)26-18-7-3-2-4-8-18/h5-6,9-14,18H,2-4,7-8,15H2,1H3,(H,26,28). The minimum absolute atomic E-state index is 0.0284. The van der Waals surface area contributed by atoms with Crippen LogP contribution < -0.4 is 20.4 Å². The molecule has 1 heterocycles. The Labute approximate surface area is 185 Å². The fourth-order valence-corrected chi connectivity index (χ4v) is 3.83. The molecule has 0 saturated heterocycles. The van der Waals surface area contributed by atoms with E-state index in [0.717, 1.165) is 31.2 Å². The summed E-state index contributed by atoms with van der Waals surface area (Å²) in [7, 11) is 0. The average Bonchev–Trinajstić information content (AvgIpc) is 2.78. The molecule has 4 rings (SSSR count). The fourth-order valence-electron chi connectivity index (χ4n) is 3.83. The van der Waals surface area contributed by atoms with Crippen molar-refractivity contribution in [3.05, 3.63) is 70.1 Å². The maximum absolute atomic E-state index is 12.5. The van der Waals surface area contributed by atoms with Gasteiger partial charge in [0.2, 0.25) is 0 Å². The minimum atomic E-state index is -0.725. The van der Waals surface area contributed by atoms with Crippen LogP contribution >= 0.6 is 0 Å². The third-order valence-electron chi connectivity index (χ3n) is 5.47. The van der Waals surface area contributed by atoms with Crippen LogP contribution in [0.5, 0.6) is 11.5 Å². The highest BCUT2D eigenvalue weighted by atomic mass is 16.6. The number of ether oxygens (including phenoxy) is 2. The van der Waals surface area contributed by atoms with Gasteiger partial charge in [0.15, 0.2) is 6.61 Å². The maximum Gasteiger partial charge on any atom is 0.349 e. The number of rotatable bonds is 6. The number of amides is 1.